The maximum absolute atomic E-state index is 5.70. The van der Waals surface area contributed by atoms with Gasteiger partial charge in [0.25, 0.3) is 0 Å². The summed E-state index contributed by atoms with van der Waals surface area (Å²) in [5.74, 6) is 0.627. The van der Waals surface area contributed by atoms with Crippen LogP contribution in [0, 0.1) is 0 Å². The molecule has 0 aromatic carbocycles. The van der Waals surface area contributed by atoms with E-state index in [0.717, 1.165) is 10.2 Å². The second-order valence-corrected chi connectivity index (χ2v) is 5.18. The average Bonchev–Trinajstić information content (AvgIpc) is 2.46. The van der Waals surface area contributed by atoms with Gasteiger partial charge in [0, 0.05) is 10.4 Å². The zero-order chi connectivity index (χ0) is 10.7. The summed E-state index contributed by atoms with van der Waals surface area (Å²) < 4.78 is 1.08. The molecule has 1 aliphatic carbocycles. The van der Waals surface area contributed by atoms with Crippen molar-refractivity contribution in [3.05, 3.63) is 22.4 Å². The van der Waals surface area contributed by atoms with Crippen LogP contribution in [0.25, 0.3) is 0 Å². The Kier molecular flexibility index (Phi) is 3.62. The molecule has 1 fully saturated rings. The molecule has 2 rings (SSSR count). The van der Waals surface area contributed by atoms with Crippen LogP contribution in [-0.4, -0.2) is 4.98 Å². The predicted molar refractivity (Wildman–Crippen MR) is 66.8 cm³/mol. The highest BCUT2D eigenvalue weighted by Crippen LogP contribution is 2.34. The van der Waals surface area contributed by atoms with Crippen LogP contribution in [0.2, 0.25) is 0 Å². The van der Waals surface area contributed by atoms with Crippen LogP contribution in [0.15, 0.2) is 16.7 Å². The van der Waals surface area contributed by atoms with E-state index in [9.17, 15) is 0 Å². The lowest BCUT2D eigenvalue weighted by atomic mass is 9.96. The van der Waals surface area contributed by atoms with Gasteiger partial charge in [0.05, 0.1) is 17.6 Å². The molecule has 1 aromatic heterocycles. The van der Waals surface area contributed by atoms with E-state index in [1.54, 1.807) is 6.20 Å². The van der Waals surface area contributed by atoms with Crippen molar-refractivity contribution < 1.29 is 0 Å². The molecule has 2 N–H and O–H groups in total. The molecule has 2 nitrogen and oxygen atoms in total. The highest BCUT2D eigenvalue weighted by atomic mass is 79.9. The van der Waals surface area contributed by atoms with Crippen molar-refractivity contribution in [1.82, 2.24) is 4.98 Å². The molecular formula is C12H17BrN2. The Morgan fingerprint density at radius 1 is 1.20 bits per heavy atom. The first-order valence-corrected chi connectivity index (χ1v) is 6.47. The summed E-state index contributed by atoms with van der Waals surface area (Å²) in [5.41, 5.74) is 7.63. The molecule has 0 bridgehead atoms. The molecule has 0 amide bonds. The summed E-state index contributed by atoms with van der Waals surface area (Å²) in [6.07, 6.45) is 9.74. The largest absolute Gasteiger partial charge is 0.397 e. The predicted octanol–water partition coefficient (Wildman–Crippen LogP) is 3.86. The van der Waals surface area contributed by atoms with Gasteiger partial charge in [0.1, 0.15) is 0 Å². The molecule has 0 radical (unpaired) electrons. The third-order valence-electron chi connectivity index (χ3n) is 3.13. The normalized spacial score (nSPS) is 18.7. The monoisotopic (exact) mass is 268 g/mol. The summed E-state index contributed by atoms with van der Waals surface area (Å²) in [4.78, 5) is 4.47. The van der Waals surface area contributed by atoms with Crippen LogP contribution in [0.1, 0.15) is 50.1 Å². The first kappa shape index (κ1) is 10.9. The van der Waals surface area contributed by atoms with Crippen LogP contribution >= 0.6 is 15.9 Å². The lowest BCUT2D eigenvalue weighted by molar-refractivity contribution is 0.575. The van der Waals surface area contributed by atoms with E-state index in [-0.39, 0.29) is 0 Å². The standard InChI is InChI=1S/C12H17BrN2/c13-11-7-10(14)8-15-12(11)9-5-3-1-2-4-6-9/h7-9H,1-6,14H2. The molecule has 0 aliphatic heterocycles. The number of nitrogens with zero attached hydrogens (tertiary/aromatic N) is 1. The summed E-state index contributed by atoms with van der Waals surface area (Å²) in [6.45, 7) is 0. The number of aromatic nitrogens is 1. The fourth-order valence-electron chi connectivity index (χ4n) is 2.32. The second-order valence-electron chi connectivity index (χ2n) is 4.32. The number of anilines is 1. The van der Waals surface area contributed by atoms with Gasteiger partial charge in [-0.1, -0.05) is 25.7 Å². The molecule has 0 atom stereocenters. The summed E-state index contributed by atoms with van der Waals surface area (Å²) in [6, 6.07) is 1.97. The summed E-state index contributed by atoms with van der Waals surface area (Å²) in [7, 11) is 0. The van der Waals surface area contributed by atoms with Crippen molar-refractivity contribution in [3.8, 4) is 0 Å². The maximum Gasteiger partial charge on any atom is 0.0577 e. The van der Waals surface area contributed by atoms with Crippen molar-refractivity contribution in [2.24, 2.45) is 0 Å². The number of rotatable bonds is 1. The Bertz CT molecular complexity index is 330. The van der Waals surface area contributed by atoms with Crippen molar-refractivity contribution in [2.45, 2.75) is 44.4 Å². The molecule has 1 saturated carbocycles. The van der Waals surface area contributed by atoms with Crippen molar-refractivity contribution in [3.63, 3.8) is 0 Å². The minimum atomic E-state index is 0.627. The van der Waals surface area contributed by atoms with Crippen LogP contribution in [0.3, 0.4) is 0 Å². The average molecular weight is 269 g/mol. The van der Waals surface area contributed by atoms with Crippen LogP contribution in [0.4, 0.5) is 5.69 Å². The van der Waals surface area contributed by atoms with Crippen molar-refractivity contribution >= 4 is 21.6 Å². The lowest BCUT2D eigenvalue weighted by Crippen LogP contribution is -2.02. The number of nitrogens with two attached hydrogens (primary N) is 1. The van der Waals surface area contributed by atoms with E-state index in [0.29, 0.717) is 5.92 Å². The maximum atomic E-state index is 5.70. The summed E-state index contributed by atoms with van der Waals surface area (Å²) in [5, 5.41) is 0. The molecule has 3 heteroatoms. The number of nitrogen functional groups attached to an aromatic ring is 1. The third-order valence-corrected chi connectivity index (χ3v) is 3.77. The van der Waals surface area contributed by atoms with Crippen molar-refractivity contribution in [2.75, 3.05) is 5.73 Å². The van der Waals surface area contributed by atoms with E-state index in [1.807, 2.05) is 6.07 Å². The molecular weight excluding hydrogens is 252 g/mol. The summed E-state index contributed by atoms with van der Waals surface area (Å²) >= 11 is 3.57. The van der Waals surface area contributed by atoms with Gasteiger partial charge in [-0.15, -0.1) is 0 Å². The topological polar surface area (TPSA) is 38.9 Å². The molecule has 1 aromatic rings. The van der Waals surface area contributed by atoms with Gasteiger partial charge < -0.3 is 5.73 Å². The van der Waals surface area contributed by atoms with Gasteiger partial charge in [-0.05, 0) is 34.8 Å². The Morgan fingerprint density at radius 2 is 1.87 bits per heavy atom. The lowest BCUT2D eigenvalue weighted by Gasteiger charge is -2.15. The molecule has 15 heavy (non-hydrogen) atoms. The quantitative estimate of drug-likeness (QED) is 0.786. The first-order chi connectivity index (χ1) is 7.27. The fraction of sp³-hybridized carbons (Fsp3) is 0.583. The SMILES string of the molecule is Nc1cnc(C2CCCCCC2)c(Br)c1. The van der Waals surface area contributed by atoms with Gasteiger partial charge in [0.15, 0.2) is 0 Å². The van der Waals surface area contributed by atoms with E-state index in [1.165, 1.54) is 44.2 Å². The van der Waals surface area contributed by atoms with Crippen molar-refractivity contribution in [1.29, 1.82) is 0 Å². The Hall–Kier alpha value is -0.570. The number of halogens is 1. The Morgan fingerprint density at radius 3 is 2.47 bits per heavy atom. The highest BCUT2D eigenvalue weighted by molar-refractivity contribution is 9.10. The molecule has 0 spiro atoms. The molecule has 1 aliphatic rings. The van der Waals surface area contributed by atoms with Gasteiger partial charge in [-0.2, -0.15) is 0 Å². The van der Waals surface area contributed by atoms with Gasteiger partial charge in [-0.3, -0.25) is 4.98 Å². The molecule has 0 unspecified atom stereocenters. The molecule has 82 valence electrons. The zero-order valence-corrected chi connectivity index (χ0v) is 10.5. The zero-order valence-electron chi connectivity index (χ0n) is 8.88. The molecule has 1 heterocycles. The van der Waals surface area contributed by atoms with Gasteiger partial charge in [-0.25, -0.2) is 0 Å². The fourth-order valence-corrected chi connectivity index (χ4v) is 3.01. The van der Waals surface area contributed by atoms with E-state index >= 15 is 0 Å². The van der Waals surface area contributed by atoms with Gasteiger partial charge >= 0.3 is 0 Å². The van der Waals surface area contributed by atoms with Crippen LogP contribution in [-0.2, 0) is 0 Å². The Labute approximate surface area is 99.4 Å². The van der Waals surface area contributed by atoms with Gasteiger partial charge in [0.2, 0.25) is 0 Å². The smallest absolute Gasteiger partial charge is 0.0577 e. The van der Waals surface area contributed by atoms with E-state index < -0.39 is 0 Å². The number of hydrogen-bond acceptors (Lipinski definition) is 2. The third kappa shape index (κ3) is 2.71. The Balaban J connectivity index is 2.19. The second kappa shape index (κ2) is 4.97. The first-order valence-electron chi connectivity index (χ1n) is 5.68. The van der Waals surface area contributed by atoms with Crippen LogP contribution < -0.4 is 5.73 Å². The number of pyridine rings is 1. The van der Waals surface area contributed by atoms with Crippen LogP contribution in [0.5, 0.6) is 0 Å². The minimum Gasteiger partial charge on any atom is -0.397 e. The molecule has 0 saturated heterocycles. The highest BCUT2D eigenvalue weighted by Gasteiger charge is 2.17. The number of hydrogen-bond donors (Lipinski definition) is 1. The van der Waals surface area contributed by atoms with E-state index in [4.69, 9.17) is 5.73 Å². The minimum absolute atomic E-state index is 0.627. The van der Waals surface area contributed by atoms with E-state index in [2.05, 4.69) is 20.9 Å².